The van der Waals surface area contributed by atoms with Crippen molar-refractivity contribution in [2.75, 3.05) is 0 Å². The van der Waals surface area contributed by atoms with Crippen LogP contribution in [-0.4, -0.2) is 9.97 Å². The highest BCUT2D eigenvalue weighted by Gasteiger charge is 2.02. The van der Waals surface area contributed by atoms with Crippen LogP contribution in [0.5, 0.6) is 11.6 Å². The number of hydrogen-bond donors (Lipinski definition) is 0. The predicted molar refractivity (Wildman–Crippen MR) is 61.0 cm³/mol. The third-order valence-electron chi connectivity index (χ3n) is 1.89. The summed E-state index contributed by atoms with van der Waals surface area (Å²) in [6, 6.07) is 5.82. The van der Waals surface area contributed by atoms with Gasteiger partial charge in [-0.05, 0) is 30.7 Å². The number of rotatable bonds is 2. The van der Waals surface area contributed by atoms with Crippen LogP contribution < -0.4 is 4.74 Å². The molecule has 0 spiro atoms. The lowest BCUT2D eigenvalue weighted by molar-refractivity contribution is 0.456. The molecule has 0 fully saturated rings. The Hall–Kier alpha value is -1.42. The van der Waals surface area contributed by atoms with Crippen molar-refractivity contribution in [2.45, 2.75) is 6.92 Å². The average molecular weight is 265 g/mol. The maximum atomic E-state index is 5.57. The molecule has 0 saturated heterocycles. The molecule has 1 aromatic heterocycles. The lowest BCUT2D eigenvalue weighted by atomic mass is 10.2. The Balaban J connectivity index is 2.25. The molecule has 1 heterocycles. The molecule has 0 atom stereocenters. The Morgan fingerprint density at radius 1 is 1.27 bits per heavy atom. The highest BCUT2D eigenvalue weighted by molar-refractivity contribution is 9.10. The molecule has 0 aliphatic heterocycles. The molecule has 0 bridgehead atoms. The van der Waals surface area contributed by atoms with Crippen LogP contribution in [0.15, 0.2) is 41.3 Å². The van der Waals surface area contributed by atoms with E-state index in [-0.39, 0.29) is 0 Å². The third kappa shape index (κ3) is 2.53. The maximum absolute atomic E-state index is 5.57. The highest BCUT2D eigenvalue weighted by Crippen LogP contribution is 2.25. The summed E-state index contributed by atoms with van der Waals surface area (Å²) in [7, 11) is 0. The number of aryl methyl sites for hydroxylation is 1. The Bertz CT molecular complexity index is 459. The van der Waals surface area contributed by atoms with E-state index in [1.807, 2.05) is 25.1 Å². The number of hydrogen-bond acceptors (Lipinski definition) is 3. The van der Waals surface area contributed by atoms with Gasteiger partial charge in [0.15, 0.2) is 0 Å². The second kappa shape index (κ2) is 4.40. The van der Waals surface area contributed by atoms with Crippen LogP contribution >= 0.6 is 15.9 Å². The summed E-state index contributed by atoms with van der Waals surface area (Å²) in [4.78, 5) is 7.97. The fourth-order valence-corrected chi connectivity index (χ4v) is 1.65. The molecule has 15 heavy (non-hydrogen) atoms. The van der Waals surface area contributed by atoms with Gasteiger partial charge in [-0.1, -0.05) is 15.9 Å². The van der Waals surface area contributed by atoms with Gasteiger partial charge >= 0.3 is 0 Å². The molecule has 2 rings (SSSR count). The van der Waals surface area contributed by atoms with E-state index in [9.17, 15) is 0 Å². The molecular weight excluding hydrogens is 256 g/mol. The van der Waals surface area contributed by atoms with E-state index in [0.717, 1.165) is 15.8 Å². The minimum absolute atomic E-state index is 0.503. The van der Waals surface area contributed by atoms with Gasteiger partial charge in [0.05, 0.1) is 6.20 Å². The topological polar surface area (TPSA) is 35.0 Å². The van der Waals surface area contributed by atoms with Gasteiger partial charge in [0.25, 0.3) is 0 Å². The van der Waals surface area contributed by atoms with Gasteiger partial charge in [-0.25, -0.2) is 4.98 Å². The number of aromatic nitrogens is 2. The van der Waals surface area contributed by atoms with Crippen molar-refractivity contribution >= 4 is 15.9 Å². The second-order valence-corrected chi connectivity index (χ2v) is 3.97. The summed E-state index contributed by atoms with van der Waals surface area (Å²) in [5, 5.41) is 0. The smallest absolute Gasteiger partial charge is 0.237 e. The summed E-state index contributed by atoms with van der Waals surface area (Å²) in [6.07, 6.45) is 4.80. The first kappa shape index (κ1) is 10.1. The fraction of sp³-hybridized carbons (Fsp3) is 0.0909. The van der Waals surface area contributed by atoms with Crippen LogP contribution in [0.3, 0.4) is 0 Å². The third-order valence-corrected chi connectivity index (χ3v) is 2.38. The molecule has 0 N–H and O–H groups in total. The number of halogens is 1. The van der Waals surface area contributed by atoms with Gasteiger partial charge in [0, 0.05) is 16.9 Å². The van der Waals surface area contributed by atoms with E-state index < -0.39 is 0 Å². The Labute approximate surface area is 96.3 Å². The molecule has 4 heteroatoms. The largest absolute Gasteiger partial charge is 0.437 e. The van der Waals surface area contributed by atoms with Gasteiger partial charge in [-0.2, -0.15) is 0 Å². The molecule has 0 aliphatic rings. The summed E-state index contributed by atoms with van der Waals surface area (Å²) in [5.41, 5.74) is 1.05. The molecule has 0 unspecified atom stereocenters. The molecule has 0 amide bonds. The monoisotopic (exact) mass is 264 g/mol. The first-order chi connectivity index (χ1) is 7.25. The van der Waals surface area contributed by atoms with Crippen molar-refractivity contribution < 1.29 is 4.74 Å². The SMILES string of the molecule is Cc1cc(Br)ccc1Oc1cnccn1. The van der Waals surface area contributed by atoms with Crippen LogP contribution in [0.25, 0.3) is 0 Å². The summed E-state index contributed by atoms with van der Waals surface area (Å²) in [6.45, 7) is 1.98. The maximum Gasteiger partial charge on any atom is 0.237 e. The number of benzene rings is 1. The van der Waals surface area contributed by atoms with Gasteiger partial charge in [-0.3, -0.25) is 4.98 Å². The first-order valence-electron chi connectivity index (χ1n) is 4.46. The van der Waals surface area contributed by atoms with Crippen LogP contribution in [0.4, 0.5) is 0 Å². The standard InChI is InChI=1S/C11H9BrN2O/c1-8-6-9(12)2-3-10(8)15-11-7-13-4-5-14-11/h2-7H,1H3. The average Bonchev–Trinajstić information content (AvgIpc) is 2.24. The fourth-order valence-electron chi connectivity index (χ4n) is 1.18. The summed E-state index contributed by atoms with van der Waals surface area (Å²) in [5.74, 6) is 1.29. The van der Waals surface area contributed by atoms with E-state index in [1.54, 1.807) is 18.6 Å². The van der Waals surface area contributed by atoms with Crippen molar-refractivity contribution in [3.05, 3.63) is 46.8 Å². The Kier molecular flexibility index (Phi) is 2.97. The summed E-state index contributed by atoms with van der Waals surface area (Å²) >= 11 is 3.40. The Morgan fingerprint density at radius 2 is 2.13 bits per heavy atom. The molecule has 2 aromatic rings. The van der Waals surface area contributed by atoms with E-state index in [1.165, 1.54) is 0 Å². The zero-order valence-corrected chi connectivity index (χ0v) is 9.73. The lowest BCUT2D eigenvalue weighted by Crippen LogP contribution is -1.90. The van der Waals surface area contributed by atoms with Crippen LogP contribution in [0.1, 0.15) is 5.56 Å². The quantitative estimate of drug-likeness (QED) is 0.835. The van der Waals surface area contributed by atoms with Crippen LogP contribution in [-0.2, 0) is 0 Å². The van der Waals surface area contributed by atoms with E-state index in [0.29, 0.717) is 5.88 Å². The Morgan fingerprint density at radius 3 is 2.80 bits per heavy atom. The minimum Gasteiger partial charge on any atom is -0.437 e. The molecule has 0 saturated carbocycles. The zero-order chi connectivity index (χ0) is 10.7. The van der Waals surface area contributed by atoms with Crippen LogP contribution in [0, 0.1) is 6.92 Å². The minimum atomic E-state index is 0.503. The van der Waals surface area contributed by atoms with E-state index in [2.05, 4.69) is 25.9 Å². The first-order valence-corrected chi connectivity index (χ1v) is 5.25. The van der Waals surface area contributed by atoms with Gasteiger partial charge in [-0.15, -0.1) is 0 Å². The molecule has 76 valence electrons. The van der Waals surface area contributed by atoms with Gasteiger partial charge in [0.2, 0.25) is 5.88 Å². The van der Waals surface area contributed by atoms with E-state index >= 15 is 0 Å². The van der Waals surface area contributed by atoms with Crippen molar-refractivity contribution in [2.24, 2.45) is 0 Å². The highest BCUT2D eigenvalue weighted by atomic mass is 79.9. The van der Waals surface area contributed by atoms with Gasteiger partial charge in [0.1, 0.15) is 5.75 Å². The number of ether oxygens (including phenoxy) is 1. The second-order valence-electron chi connectivity index (χ2n) is 3.06. The normalized spacial score (nSPS) is 10.0. The van der Waals surface area contributed by atoms with Crippen molar-refractivity contribution in [1.82, 2.24) is 9.97 Å². The molecule has 0 aliphatic carbocycles. The van der Waals surface area contributed by atoms with Crippen molar-refractivity contribution in [1.29, 1.82) is 0 Å². The number of nitrogens with zero attached hydrogens (tertiary/aromatic N) is 2. The predicted octanol–water partition coefficient (Wildman–Crippen LogP) is 3.34. The summed E-state index contributed by atoms with van der Waals surface area (Å²) < 4.78 is 6.60. The van der Waals surface area contributed by atoms with Crippen LogP contribution in [0.2, 0.25) is 0 Å². The molecular formula is C11H9BrN2O. The van der Waals surface area contributed by atoms with Gasteiger partial charge < -0.3 is 4.74 Å². The van der Waals surface area contributed by atoms with Crippen molar-refractivity contribution in [3.8, 4) is 11.6 Å². The molecule has 3 nitrogen and oxygen atoms in total. The van der Waals surface area contributed by atoms with Crippen molar-refractivity contribution in [3.63, 3.8) is 0 Å². The zero-order valence-electron chi connectivity index (χ0n) is 8.14. The molecule has 0 radical (unpaired) electrons. The van der Waals surface area contributed by atoms with E-state index in [4.69, 9.17) is 4.74 Å². The lowest BCUT2D eigenvalue weighted by Gasteiger charge is -2.06. The molecule has 1 aromatic carbocycles.